The molecular formula is C46H66NO7+. The predicted octanol–water partition coefficient (Wildman–Crippen LogP) is 11.8. The highest BCUT2D eigenvalue weighted by atomic mass is 17.0. The minimum Gasteiger partial charge on any atom is -0.507 e. The molecule has 8 nitrogen and oxygen atoms in total. The van der Waals surface area contributed by atoms with Crippen molar-refractivity contribution in [1.29, 1.82) is 0 Å². The van der Waals surface area contributed by atoms with E-state index in [1.54, 1.807) is 24.3 Å². The zero-order chi connectivity index (χ0) is 40.0. The Bertz CT molecular complexity index is 1580. The van der Waals surface area contributed by atoms with Gasteiger partial charge in [-0.3, -0.25) is 0 Å². The first-order chi connectivity index (χ1) is 25.3. The monoisotopic (exact) mass is 744 g/mol. The van der Waals surface area contributed by atoms with Crippen molar-refractivity contribution < 1.29 is 35.2 Å². The minimum atomic E-state index is -0.319. The molecule has 4 atom stereocenters. The lowest BCUT2D eigenvalue weighted by molar-refractivity contribution is -0.981. The van der Waals surface area contributed by atoms with Crippen LogP contribution in [0, 0.1) is 16.7 Å². The maximum atomic E-state index is 12.2. The van der Waals surface area contributed by atoms with E-state index in [1.165, 1.54) is 11.1 Å². The van der Waals surface area contributed by atoms with E-state index < -0.39 is 0 Å². The Labute approximate surface area is 323 Å². The second kappa shape index (κ2) is 18.0. The number of phenols is 4. The highest BCUT2D eigenvalue weighted by molar-refractivity contribution is 5.54. The lowest BCUT2D eigenvalue weighted by Crippen LogP contribution is -2.20. The van der Waals surface area contributed by atoms with Gasteiger partial charge in [0.05, 0.1) is 0 Å². The molecule has 0 bridgehead atoms. The minimum absolute atomic E-state index is 0.104. The van der Waals surface area contributed by atoms with Gasteiger partial charge in [0.2, 0.25) is 0 Å². The van der Waals surface area contributed by atoms with Gasteiger partial charge < -0.3 is 20.4 Å². The number of rotatable bonds is 18. The summed E-state index contributed by atoms with van der Waals surface area (Å²) in [6, 6.07) is 7.14. The zero-order valence-corrected chi connectivity index (χ0v) is 34.1. The SMILES string of the molecule is C=C(C)[C@H]1CCC(C)=C[C@@H]1c1c(O)cc(C(C)(C)CCCCO[N+](=O)OCCCCC(C)(C)c2cc(O)c([C@H]3C=C(C)CC[C@@H]3C(=C)C)c(O)c2)cc1O. The van der Waals surface area contributed by atoms with Crippen molar-refractivity contribution in [3.8, 4) is 23.0 Å². The smallest absolute Gasteiger partial charge is 0.477 e. The summed E-state index contributed by atoms with van der Waals surface area (Å²) in [5.41, 5.74) is 6.84. The second-order valence-corrected chi connectivity index (χ2v) is 17.5. The van der Waals surface area contributed by atoms with Crippen LogP contribution in [0.4, 0.5) is 0 Å². The topological polar surface area (TPSA) is 119 Å². The van der Waals surface area contributed by atoms with E-state index in [2.05, 4.69) is 66.9 Å². The molecule has 2 aromatic rings. The highest BCUT2D eigenvalue weighted by Crippen LogP contribution is 2.49. The van der Waals surface area contributed by atoms with Crippen molar-refractivity contribution in [2.45, 2.75) is 142 Å². The third-order valence-electron chi connectivity index (χ3n) is 12.0. The van der Waals surface area contributed by atoms with Crippen LogP contribution in [0.3, 0.4) is 0 Å². The van der Waals surface area contributed by atoms with Gasteiger partial charge in [-0.1, -0.05) is 75.3 Å². The highest BCUT2D eigenvalue weighted by Gasteiger charge is 2.33. The van der Waals surface area contributed by atoms with Gasteiger partial charge in [0.1, 0.15) is 27.9 Å². The molecule has 8 heteroatoms. The molecule has 0 aliphatic heterocycles. The molecule has 54 heavy (non-hydrogen) atoms. The first-order valence-corrected chi connectivity index (χ1v) is 19.8. The number of allylic oxidation sites excluding steroid dienone is 6. The Kier molecular flexibility index (Phi) is 14.1. The summed E-state index contributed by atoms with van der Waals surface area (Å²) in [6.07, 6.45) is 12.6. The number of nitrogens with zero attached hydrogens (tertiary/aromatic N) is 1. The third kappa shape index (κ3) is 10.5. The molecule has 296 valence electrons. The van der Waals surface area contributed by atoms with Gasteiger partial charge in [0, 0.05) is 23.0 Å². The molecule has 0 saturated heterocycles. The molecule has 0 spiro atoms. The van der Waals surface area contributed by atoms with Gasteiger partial charge in [-0.2, -0.15) is 9.68 Å². The summed E-state index contributed by atoms with van der Waals surface area (Å²) >= 11 is 0. The molecule has 2 aliphatic rings. The zero-order valence-electron chi connectivity index (χ0n) is 34.1. The number of benzene rings is 2. The summed E-state index contributed by atoms with van der Waals surface area (Å²) < 4.78 is 0. The first kappa shape index (κ1) is 42.5. The van der Waals surface area contributed by atoms with Crippen LogP contribution in [0.1, 0.15) is 154 Å². The van der Waals surface area contributed by atoms with Crippen molar-refractivity contribution in [3.63, 3.8) is 0 Å². The average Bonchev–Trinajstić information content (AvgIpc) is 3.07. The number of aromatic hydroxyl groups is 4. The number of phenolic OH excluding ortho intramolecular Hbond substituents is 4. The van der Waals surface area contributed by atoms with E-state index in [9.17, 15) is 25.3 Å². The molecular weight excluding hydrogens is 679 g/mol. The Balaban J connectivity index is 1.19. The van der Waals surface area contributed by atoms with Gasteiger partial charge in [0.25, 0.3) is 0 Å². The maximum Gasteiger partial charge on any atom is 0.477 e. The predicted molar refractivity (Wildman–Crippen MR) is 217 cm³/mol. The molecule has 0 amide bonds. The Morgan fingerprint density at radius 3 is 1.31 bits per heavy atom. The van der Waals surface area contributed by atoms with Crippen LogP contribution < -0.4 is 0 Å². The molecule has 0 unspecified atom stereocenters. The van der Waals surface area contributed by atoms with E-state index in [1.807, 2.05) is 13.8 Å². The second-order valence-electron chi connectivity index (χ2n) is 17.5. The van der Waals surface area contributed by atoms with Crippen LogP contribution in [0.5, 0.6) is 23.0 Å². The van der Waals surface area contributed by atoms with Crippen LogP contribution >= 0.6 is 0 Å². The quantitative estimate of drug-likeness (QED) is 0.0681. The first-order valence-electron chi connectivity index (χ1n) is 19.8. The van der Waals surface area contributed by atoms with E-state index in [-0.39, 0.29) is 75.8 Å². The molecule has 2 aromatic carbocycles. The van der Waals surface area contributed by atoms with Crippen LogP contribution in [0.25, 0.3) is 0 Å². The molecule has 2 aliphatic carbocycles. The maximum absolute atomic E-state index is 12.2. The lowest BCUT2D eigenvalue weighted by atomic mass is 9.72. The van der Waals surface area contributed by atoms with Gasteiger partial charge >= 0.3 is 5.09 Å². The molecule has 4 rings (SSSR count). The van der Waals surface area contributed by atoms with E-state index in [4.69, 9.17) is 9.68 Å². The number of unbranched alkanes of at least 4 members (excludes halogenated alkanes) is 2. The molecule has 0 aromatic heterocycles. The summed E-state index contributed by atoms with van der Waals surface area (Å²) in [4.78, 5) is 22.7. The molecule has 4 N–H and O–H groups in total. The fourth-order valence-corrected chi connectivity index (χ4v) is 8.46. The van der Waals surface area contributed by atoms with Crippen molar-refractivity contribution in [2.75, 3.05) is 13.2 Å². The van der Waals surface area contributed by atoms with E-state index in [0.717, 1.165) is 73.6 Å². The van der Waals surface area contributed by atoms with Gasteiger partial charge in [-0.15, -0.1) is 0 Å². The standard InChI is InChI=1S/C46H65NO7/c1-29(2)35-17-15-31(5)23-37(35)43-39(48)25-33(26-40(43)49)45(7,8)19-11-13-21-53-47(52)54-22-14-12-20-46(9,10)34-27-41(50)44(42(51)28-34)38-24-32(6)16-18-36(38)30(3)4/h23-28,35-38H,1,3,11-22H2,2,4-10H3,(H3-,48,49,50,51)/p+1/t35-,36-,37+,38+/m1/s1. The van der Waals surface area contributed by atoms with Crippen LogP contribution in [-0.2, 0) is 20.5 Å². The summed E-state index contributed by atoms with van der Waals surface area (Å²) in [6.45, 7) is 25.3. The third-order valence-corrected chi connectivity index (χ3v) is 12.0. The summed E-state index contributed by atoms with van der Waals surface area (Å²) in [5.74, 6) is 0.577. The summed E-state index contributed by atoms with van der Waals surface area (Å²) in [7, 11) is 0. The summed E-state index contributed by atoms with van der Waals surface area (Å²) in [5, 5.41) is 44.7. The Morgan fingerprint density at radius 2 is 1.00 bits per heavy atom. The van der Waals surface area contributed by atoms with Crippen LogP contribution in [0.15, 0.2) is 71.9 Å². The number of hydrogen-bond donors (Lipinski definition) is 4. The van der Waals surface area contributed by atoms with E-state index >= 15 is 0 Å². The van der Waals surface area contributed by atoms with Crippen molar-refractivity contribution in [2.24, 2.45) is 11.8 Å². The lowest BCUT2D eigenvalue weighted by Gasteiger charge is -2.32. The van der Waals surface area contributed by atoms with Crippen molar-refractivity contribution in [3.05, 3.63) is 99.0 Å². The average molecular weight is 745 g/mol. The molecule has 0 fully saturated rings. The molecule has 0 heterocycles. The van der Waals surface area contributed by atoms with Crippen LogP contribution in [-0.4, -0.2) is 38.7 Å². The van der Waals surface area contributed by atoms with Gasteiger partial charge in [0.15, 0.2) is 13.2 Å². The van der Waals surface area contributed by atoms with Crippen molar-refractivity contribution >= 4 is 0 Å². The normalized spacial score (nSPS) is 20.5. The fourth-order valence-electron chi connectivity index (χ4n) is 8.46. The van der Waals surface area contributed by atoms with E-state index in [0.29, 0.717) is 24.0 Å². The van der Waals surface area contributed by atoms with Crippen LogP contribution in [0.2, 0.25) is 0 Å². The largest absolute Gasteiger partial charge is 0.507 e. The van der Waals surface area contributed by atoms with Gasteiger partial charge in [-0.25, -0.2) is 0 Å². The molecule has 0 saturated carbocycles. The van der Waals surface area contributed by atoms with Gasteiger partial charge in [-0.05, 0) is 150 Å². The number of hydrogen-bond acceptors (Lipinski definition) is 7. The Morgan fingerprint density at radius 1 is 0.667 bits per heavy atom. The Hall–Kier alpha value is -4.20. The fraction of sp³-hybridized carbons (Fsp3) is 0.565. The van der Waals surface area contributed by atoms with Crippen molar-refractivity contribution in [1.82, 2.24) is 0 Å². The molecule has 0 radical (unpaired) electrons.